The number of sulfone groups is 1. The molecule has 1 unspecified atom stereocenters. The highest BCUT2D eigenvalue weighted by Crippen LogP contribution is 2.34. The van der Waals surface area contributed by atoms with Crippen molar-refractivity contribution in [1.82, 2.24) is 4.90 Å². The maximum atomic E-state index is 12.8. The van der Waals surface area contributed by atoms with Crippen molar-refractivity contribution in [2.75, 3.05) is 25.4 Å². The number of nitrogens with zero attached hydrogens (tertiary/aromatic N) is 1. The van der Waals surface area contributed by atoms with Crippen LogP contribution >= 0.6 is 0 Å². The minimum atomic E-state index is -4.86. The molecular formula is C14H15F6NO3S. The fraction of sp³-hybridized carbons (Fsp3) is 0.571. The summed E-state index contributed by atoms with van der Waals surface area (Å²) in [7, 11) is -3.81. The third-order valence-electron chi connectivity index (χ3n) is 3.94. The summed E-state index contributed by atoms with van der Waals surface area (Å²) in [5, 5.41) is 7.73. The predicted octanol–water partition coefficient (Wildman–Crippen LogP) is 2.40. The molecule has 0 bridgehead atoms. The Bertz CT molecular complexity index is 716. The highest BCUT2D eigenvalue weighted by atomic mass is 32.2. The lowest BCUT2D eigenvalue weighted by atomic mass is 10.1. The average Bonchev–Trinajstić information content (AvgIpc) is 2.47. The Kier molecular flexibility index (Phi) is 5.41. The molecule has 2 rings (SSSR count). The lowest BCUT2D eigenvalue weighted by Crippen LogP contribution is -2.48. The van der Waals surface area contributed by atoms with Gasteiger partial charge in [-0.1, -0.05) is 18.2 Å². The van der Waals surface area contributed by atoms with Gasteiger partial charge in [-0.3, -0.25) is 4.90 Å². The van der Waals surface area contributed by atoms with Gasteiger partial charge >= 0.3 is 12.4 Å². The Morgan fingerprint density at radius 1 is 1.20 bits per heavy atom. The van der Waals surface area contributed by atoms with E-state index >= 15 is 0 Å². The molecule has 25 heavy (non-hydrogen) atoms. The molecule has 1 fully saturated rings. The van der Waals surface area contributed by atoms with Crippen LogP contribution in [0.4, 0.5) is 26.3 Å². The molecular weight excluding hydrogens is 376 g/mol. The van der Waals surface area contributed by atoms with Crippen molar-refractivity contribution < 1.29 is 39.9 Å². The predicted molar refractivity (Wildman–Crippen MR) is 76.5 cm³/mol. The molecule has 0 amide bonds. The number of benzene rings is 1. The summed E-state index contributed by atoms with van der Waals surface area (Å²) in [4.78, 5) is 1.09. The van der Waals surface area contributed by atoms with Crippen LogP contribution in [0.1, 0.15) is 16.4 Å². The van der Waals surface area contributed by atoms with Crippen LogP contribution in [0, 0.1) is 0 Å². The summed E-state index contributed by atoms with van der Waals surface area (Å²) in [5.41, 5.74) is -1.17. The fourth-order valence-corrected chi connectivity index (χ4v) is 4.38. The topological polar surface area (TPSA) is 57.6 Å². The van der Waals surface area contributed by atoms with Gasteiger partial charge in [0.1, 0.15) is 0 Å². The largest absolute Gasteiger partial charge is 0.416 e. The Hall–Kier alpha value is -1.33. The maximum absolute atomic E-state index is 12.8. The Morgan fingerprint density at radius 2 is 1.84 bits per heavy atom. The molecule has 1 heterocycles. The van der Waals surface area contributed by atoms with E-state index in [9.17, 15) is 34.8 Å². The van der Waals surface area contributed by atoms with Gasteiger partial charge in [-0.15, -0.1) is 0 Å². The molecule has 0 spiro atoms. The first-order valence-electron chi connectivity index (χ1n) is 7.16. The number of alkyl halides is 6. The molecule has 0 radical (unpaired) electrons. The Labute approximate surface area is 140 Å². The molecule has 2 atom stereocenters. The van der Waals surface area contributed by atoms with E-state index in [1.54, 1.807) is 0 Å². The minimum absolute atomic E-state index is 0.138. The summed E-state index contributed by atoms with van der Waals surface area (Å²) >= 11 is 0. The summed E-state index contributed by atoms with van der Waals surface area (Å²) < 4.78 is 100. The van der Waals surface area contributed by atoms with Gasteiger partial charge in [-0.2, -0.15) is 26.3 Å². The van der Waals surface area contributed by atoms with Crippen LogP contribution in [0.25, 0.3) is 0 Å². The number of β-amino-alcohol motifs (C(OH)–C–C–N with tert-alkyl or cyclic N) is 1. The number of hydrogen-bond donors (Lipinski definition) is 1. The van der Waals surface area contributed by atoms with Crippen LogP contribution < -0.4 is 0 Å². The maximum Gasteiger partial charge on any atom is 0.416 e. The quantitative estimate of drug-likeness (QED) is 0.804. The van der Waals surface area contributed by atoms with E-state index in [4.69, 9.17) is 5.11 Å². The first kappa shape index (κ1) is 20.0. The molecule has 11 heteroatoms. The smallest absolute Gasteiger partial charge is 0.382 e. The van der Waals surface area contributed by atoms with Gasteiger partial charge in [0.25, 0.3) is 0 Å². The van der Waals surface area contributed by atoms with Crippen molar-refractivity contribution >= 4 is 9.84 Å². The third kappa shape index (κ3) is 4.85. The second-order valence-corrected chi connectivity index (χ2v) is 8.10. The zero-order chi connectivity index (χ0) is 19.0. The van der Waals surface area contributed by atoms with Gasteiger partial charge in [0.15, 0.2) is 15.9 Å². The van der Waals surface area contributed by atoms with Gasteiger partial charge in [0, 0.05) is 19.6 Å². The summed E-state index contributed by atoms with van der Waals surface area (Å²) in [5.74, 6) is -0.501. The zero-order valence-corrected chi connectivity index (χ0v) is 13.5. The Morgan fingerprint density at radius 3 is 2.40 bits per heavy atom. The number of aliphatic hydroxyl groups is 1. The van der Waals surface area contributed by atoms with E-state index < -0.39 is 57.9 Å². The molecule has 1 aliphatic rings. The molecule has 1 aromatic carbocycles. The molecule has 4 nitrogen and oxygen atoms in total. The van der Waals surface area contributed by atoms with Crippen molar-refractivity contribution in [1.29, 1.82) is 0 Å². The SMILES string of the molecule is O=S1(=O)CCN(CC(O)C(F)(F)F)C[C@@H]1c1cccc(C(F)(F)F)c1. The number of hydrogen-bond acceptors (Lipinski definition) is 4. The molecule has 1 N–H and O–H groups in total. The van der Waals surface area contributed by atoms with E-state index in [2.05, 4.69) is 0 Å². The molecule has 0 aliphatic carbocycles. The van der Waals surface area contributed by atoms with E-state index in [0.717, 1.165) is 17.0 Å². The van der Waals surface area contributed by atoms with E-state index in [1.165, 1.54) is 6.07 Å². The minimum Gasteiger partial charge on any atom is -0.382 e. The van der Waals surface area contributed by atoms with Crippen molar-refractivity contribution in [3.05, 3.63) is 35.4 Å². The van der Waals surface area contributed by atoms with Gasteiger partial charge in [-0.25, -0.2) is 8.42 Å². The van der Waals surface area contributed by atoms with Crippen LogP contribution in [0.5, 0.6) is 0 Å². The molecule has 0 aromatic heterocycles. The number of aliphatic hydroxyl groups excluding tert-OH is 1. The molecule has 0 saturated carbocycles. The summed E-state index contributed by atoms with van der Waals surface area (Å²) in [6.45, 7) is -1.49. The van der Waals surface area contributed by atoms with Crippen molar-refractivity contribution in [2.45, 2.75) is 23.7 Å². The fourth-order valence-electron chi connectivity index (χ4n) is 2.58. The van der Waals surface area contributed by atoms with Gasteiger partial charge in [-0.05, 0) is 11.6 Å². The van der Waals surface area contributed by atoms with Crippen LogP contribution in [-0.4, -0.2) is 56.1 Å². The van der Waals surface area contributed by atoms with E-state index in [1.807, 2.05) is 0 Å². The number of rotatable bonds is 3. The van der Waals surface area contributed by atoms with E-state index in [0.29, 0.717) is 6.07 Å². The third-order valence-corrected chi connectivity index (χ3v) is 5.98. The van der Waals surface area contributed by atoms with Crippen molar-refractivity contribution in [2.24, 2.45) is 0 Å². The van der Waals surface area contributed by atoms with Crippen LogP contribution in [-0.2, 0) is 16.0 Å². The van der Waals surface area contributed by atoms with E-state index in [-0.39, 0.29) is 12.1 Å². The Balaban J connectivity index is 2.26. The van der Waals surface area contributed by atoms with Gasteiger partial charge in [0.05, 0.1) is 16.6 Å². The molecule has 1 aromatic rings. The second kappa shape index (κ2) is 6.76. The highest BCUT2D eigenvalue weighted by Gasteiger charge is 2.42. The van der Waals surface area contributed by atoms with Crippen molar-refractivity contribution in [3.63, 3.8) is 0 Å². The normalized spacial score (nSPS) is 23.4. The highest BCUT2D eigenvalue weighted by molar-refractivity contribution is 7.91. The molecule has 1 aliphatic heterocycles. The second-order valence-electron chi connectivity index (χ2n) is 5.80. The molecule has 1 saturated heterocycles. The number of halogens is 6. The lowest BCUT2D eigenvalue weighted by molar-refractivity contribution is -0.208. The van der Waals surface area contributed by atoms with Gasteiger partial charge in [0.2, 0.25) is 0 Å². The summed E-state index contributed by atoms with van der Waals surface area (Å²) in [6.07, 6.45) is -12.2. The average molecular weight is 391 g/mol. The van der Waals surface area contributed by atoms with Crippen LogP contribution in [0.3, 0.4) is 0 Å². The van der Waals surface area contributed by atoms with Crippen LogP contribution in [0.2, 0.25) is 0 Å². The standard InChI is InChI=1S/C14H15F6NO3S/c15-13(16,17)10-3-1-2-9(6-10)11-7-21(4-5-25(11,23)24)8-12(22)14(18,19)20/h1-3,6,11-12,22H,4-5,7-8H2/t11-,12?/m1/s1. The lowest BCUT2D eigenvalue weighted by Gasteiger charge is -2.34. The monoisotopic (exact) mass is 391 g/mol. The first-order valence-corrected chi connectivity index (χ1v) is 8.88. The van der Waals surface area contributed by atoms with Crippen molar-refractivity contribution in [3.8, 4) is 0 Å². The van der Waals surface area contributed by atoms with Gasteiger partial charge < -0.3 is 5.11 Å². The zero-order valence-electron chi connectivity index (χ0n) is 12.7. The van der Waals surface area contributed by atoms with Crippen LogP contribution in [0.15, 0.2) is 24.3 Å². The summed E-state index contributed by atoms with van der Waals surface area (Å²) in [6, 6.07) is 3.72. The molecule has 142 valence electrons. The first-order chi connectivity index (χ1) is 11.3.